The zero-order valence-electron chi connectivity index (χ0n) is 35.6. The van der Waals surface area contributed by atoms with Gasteiger partial charge in [0.2, 0.25) is 11.8 Å². The quantitative estimate of drug-likeness (QED) is 0.0813. The number of likely N-dealkylation sites (N-methyl/N-ethyl adjacent to an activating group) is 2. The number of hydrogen-bond acceptors (Lipinski definition) is 9. The molecule has 0 aliphatic carbocycles. The van der Waals surface area contributed by atoms with Crippen LogP contribution in [-0.4, -0.2) is 69.7 Å². The molecule has 7 rings (SSSR count). The van der Waals surface area contributed by atoms with E-state index < -0.39 is 23.9 Å². The lowest BCUT2D eigenvalue weighted by atomic mass is 10.0. The van der Waals surface area contributed by atoms with Gasteiger partial charge in [-0.25, -0.2) is 0 Å². The number of carbonyl (C=O) groups excluding carboxylic acids is 4. The lowest BCUT2D eigenvalue weighted by Gasteiger charge is -2.19. The zero-order chi connectivity index (χ0) is 44.1. The largest absolute Gasteiger partial charge is 0.449 e. The number of hydrogen-bond donors (Lipinski definition) is 5. The third-order valence-electron chi connectivity index (χ3n) is 9.56. The van der Waals surface area contributed by atoms with E-state index in [1.165, 1.54) is 7.05 Å². The SMILES string of the molecule is CC.CNC(=O)[C@@H](NC(=O)c1ccc(-c2ccc(-c3ccc4cc[nH]c4c3)cn2)o1)C(C)C.CNC(=O)[C@@H](NC(=O)c1ccc(-c2ccc(-c3ccncc3)cn2)o1)C(C)C. The Morgan fingerprint density at radius 3 is 1.49 bits per heavy atom. The van der Waals surface area contributed by atoms with Crippen molar-refractivity contribution in [3.05, 3.63) is 127 Å². The fourth-order valence-electron chi connectivity index (χ4n) is 6.19. The van der Waals surface area contributed by atoms with Gasteiger partial charge in [-0.1, -0.05) is 65.8 Å². The molecule has 5 N–H and O–H groups in total. The van der Waals surface area contributed by atoms with Crippen molar-refractivity contribution in [2.24, 2.45) is 11.8 Å². The minimum atomic E-state index is -0.638. The molecule has 0 aliphatic rings. The second kappa shape index (κ2) is 21.1. The smallest absolute Gasteiger partial charge is 0.287 e. The number of furan rings is 2. The van der Waals surface area contributed by atoms with Crippen molar-refractivity contribution in [1.82, 2.24) is 41.2 Å². The highest BCUT2D eigenvalue weighted by Gasteiger charge is 2.26. The van der Waals surface area contributed by atoms with Crippen LogP contribution >= 0.6 is 0 Å². The zero-order valence-corrected chi connectivity index (χ0v) is 35.6. The van der Waals surface area contributed by atoms with Gasteiger partial charge in [0.25, 0.3) is 11.8 Å². The Balaban J connectivity index is 0.000000223. The van der Waals surface area contributed by atoms with Gasteiger partial charge in [0, 0.05) is 61.7 Å². The Hall–Kier alpha value is -7.35. The van der Waals surface area contributed by atoms with Gasteiger partial charge in [-0.15, -0.1) is 0 Å². The second-order valence-corrected chi connectivity index (χ2v) is 14.3. The Bertz CT molecular complexity index is 2520. The third kappa shape index (κ3) is 11.2. The van der Waals surface area contributed by atoms with Crippen molar-refractivity contribution in [3.8, 4) is 45.2 Å². The van der Waals surface area contributed by atoms with Crippen LogP contribution in [0.3, 0.4) is 0 Å². The van der Waals surface area contributed by atoms with Crippen molar-refractivity contribution in [2.45, 2.75) is 53.6 Å². The van der Waals surface area contributed by atoms with Crippen LogP contribution in [-0.2, 0) is 9.59 Å². The molecule has 6 aromatic heterocycles. The van der Waals surface area contributed by atoms with Crippen LogP contribution in [0, 0.1) is 11.8 Å². The molecule has 316 valence electrons. The Labute approximate surface area is 355 Å². The standard InChI is InChI=1S/C24H24N4O3.C21H22N4O3.C2H6/c1-14(2)22(24(30)25-3)28-23(29)21-9-8-20(31-21)18-7-6-17(13-27-18)16-5-4-15-10-11-26-19(15)12-16;1-13(2)19(21(27)22-3)25-20(26)18-7-6-17(28-18)16-5-4-15(12-24-16)14-8-10-23-11-9-14;1-2/h4-14,22,26H,1-3H3,(H,25,30)(H,28,29);4-13,19H,1-3H3,(H,22,27)(H,25,26);1-2H3/t22-;19-;/m00./s1. The van der Waals surface area contributed by atoms with Gasteiger partial charge in [-0.2, -0.15) is 0 Å². The molecule has 0 spiro atoms. The number of aromatic nitrogens is 4. The number of H-pyrrole nitrogens is 1. The number of carbonyl (C=O) groups is 4. The van der Waals surface area contributed by atoms with Gasteiger partial charge in [0.1, 0.15) is 23.5 Å². The first-order valence-electron chi connectivity index (χ1n) is 20.1. The molecule has 61 heavy (non-hydrogen) atoms. The van der Waals surface area contributed by atoms with Gasteiger partial charge in [-0.3, -0.25) is 34.1 Å². The Morgan fingerprint density at radius 2 is 1.05 bits per heavy atom. The first-order valence-corrected chi connectivity index (χ1v) is 20.1. The monoisotopic (exact) mass is 824 g/mol. The maximum Gasteiger partial charge on any atom is 0.287 e. The molecular formula is C47H52N8O6. The van der Waals surface area contributed by atoms with Gasteiger partial charge in [-0.05, 0) is 89.0 Å². The molecule has 7 aromatic rings. The number of benzene rings is 1. The summed E-state index contributed by atoms with van der Waals surface area (Å²) >= 11 is 0. The van der Waals surface area contributed by atoms with Crippen LogP contribution in [0.1, 0.15) is 62.7 Å². The molecule has 1 aromatic carbocycles. The van der Waals surface area contributed by atoms with E-state index in [1.807, 2.05) is 90.2 Å². The number of nitrogens with zero attached hydrogens (tertiary/aromatic N) is 3. The summed E-state index contributed by atoms with van der Waals surface area (Å²) < 4.78 is 11.4. The van der Waals surface area contributed by atoms with E-state index in [-0.39, 0.29) is 35.2 Å². The van der Waals surface area contributed by atoms with E-state index in [0.717, 1.165) is 33.2 Å². The number of pyridine rings is 3. The Morgan fingerprint density at radius 1 is 0.574 bits per heavy atom. The first-order chi connectivity index (χ1) is 29.4. The van der Waals surface area contributed by atoms with Gasteiger partial charge in [0.15, 0.2) is 23.0 Å². The van der Waals surface area contributed by atoms with Crippen LogP contribution in [0.4, 0.5) is 0 Å². The summed E-state index contributed by atoms with van der Waals surface area (Å²) in [5.41, 5.74) is 6.32. The molecular weight excluding hydrogens is 773 g/mol. The second-order valence-electron chi connectivity index (χ2n) is 14.3. The van der Waals surface area contributed by atoms with Crippen molar-refractivity contribution in [2.75, 3.05) is 14.1 Å². The maximum atomic E-state index is 12.5. The molecule has 0 aliphatic heterocycles. The topological polar surface area (TPSA) is 197 Å². The maximum absolute atomic E-state index is 12.5. The van der Waals surface area contributed by atoms with Crippen molar-refractivity contribution in [1.29, 1.82) is 0 Å². The summed E-state index contributed by atoms with van der Waals surface area (Å²) in [6.45, 7) is 11.5. The molecule has 4 amide bonds. The third-order valence-corrected chi connectivity index (χ3v) is 9.56. The molecule has 14 nitrogen and oxygen atoms in total. The Kier molecular flexibility index (Phi) is 15.5. The summed E-state index contributed by atoms with van der Waals surface area (Å²) in [5, 5.41) is 11.7. The highest BCUT2D eigenvalue weighted by atomic mass is 16.4. The van der Waals surface area contributed by atoms with Crippen LogP contribution in [0.5, 0.6) is 0 Å². The highest BCUT2D eigenvalue weighted by molar-refractivity contribution is 5.97. The van der Waals surface area contributed by atoms with Crippen LogP contribution in [0.15, 0.2) is 125 Å². The molecule has 0 fully saturated rings. The van der Waals surface area contributed by atoms with Gasteiger partial charge >= 0.3 is 0 Å². The fourth-order valence-corrected chi connectivity index (χ4v) is 6.19. The summed E-state index contributed by atoms with van der Waals surface area (Å²) in [5.74, 6) is -0.263. The van der Waals surface area contributed by atoms with Crippen molar-refractivity contribution < 1.29 is 28.0 Å². The molecule has 0 bridgehead atoms. The molecule has 0 saturated heterocycles. The molecule has 0 saturated carbocycles. The molecule has 2 atom stereocenters. The number of aromatic amines is 1. The van der Waals surface area contributed by atoms with E-state index in [4.69, 9.17) is 8.83 Å². The minimum absolute atomic E-state index is 0.0549. The summed E-state index contributed by atoms with van der Waals surface area (Å²) in [4.78, 5) is 65.0. The van der Waals surface area contributed by atoms with E-state index in [1.54, 1.807) is 56.1 Å². The average molecular weight is 825 g/mol. The normalized spacial score (nSPS) is 11.7. The molecule has 0 radical (unpaired) electrons. The minimum Gasteiger partial charge on any atom is -0.449 e. The number of fused-ring (bicyclic) bond motifs is 1. The van der Waals surface area contributed by atoms with Crippen LogP contribution in [0.25, 0.3) is 56.1 Å². The van der Waals surface area contributed by atoms with E-state index in [2.05, 4.69) is 59.4 Å². The van der Waals surface area contributed by atoms with E-state index in [9.17, 15) is 19.2 Å². The molecule has 6 heterocycles. The predicted octanol–water partition coefficient (Wildman–Crippen LogP) is 7.92. The lowest BCUT2D eigenvalue weighted by molar-refractivity contribution is -0.124. The average Bonchev–Trinajstić information content (AvgIpc) is 4.10. The first kappa shape index (κ1) is 44.7. The molecule has 14 heteroatoms. The van der Waals surface area contributed by atoms with Crippen LogP contribution < -0.4 is 21.3 Å². The summed E-state index contributed by atoms with van der Waals surface area (Å²) in [6, 6.07) is 24.9. The highest BCUT2D eigenvalue weighted by Crippen LogP contribution is 2.27. The van der Waals surface area contributed by atoms with E-state index >= 15 is 0 Å². The molecule has 0 unspecified atom stereocenters. The summed E-state index contributed by atoms with van der Waals surface area (Å²) in [6.07, 6.45) is 8.89. The fraction of sp³-hybridized carbons (Fsp3) is 0.255. The predicted molar refractivity (Wildman–Crippen MR) is 236 cm³/mol. The van der Waals surface area contributed by atoms with Crippen molar-refractivity contribution in [3.63, 3.8) is 0 Å². The van der Waals surface area contributed by atoms with Crippen LogP contribution in [0.2, 0.25) is 0 Å². The van der Waals surface area contributed by atoms with Gasteiger partial charge in [0.05, 0.1) is 0 Å². The number of amides is 4. The summed E-state index contributed by atoms with van der Waals surface area (Å²) in [7, 11) is 3.08. The number of rotatable bonds is 12. The number of nitrogens with one attached hydrogen (secondary N) is 5. The van der Waals surface area contributed by atoms with Gasteiger partial charge < -0.3 is 35.1 Å². The van der Waals surface area contributed by atoms with E-state index in [0.29, 0.717) is 22.9 Å². The lowest BCUT2D eigenvalue weighted by Crippen LogP contribution is -2.48. The van der Waals surface area contributed by atoms with Crippen molar-refractivity contribution >= 4 is 34.5 Å².